The fourth-order valence-electron chi connectivity index (χ4n) is 2.89. The highest BCUT2D eigenvalue weighted by Crippen LogP contribution is 2.19. The maximum absolute atomic E-state index is 10.8. The van der Waals surface area contributed by atoms with Gasteiger partial charge in [-0.3, -0.25) is 0 Å². The molecule has 2 aromatic carbocycles. The minimum absolute atomic E-state index is 0.316. The molecule has 150 valence electrons. The van der Waals surface area contributed by atoms with E-state index < -0.39 is 5.97 Å². The first-order valence-corrected chi connectivity index (χ1v) is 11.1. The number of aromatic carboxylic acids is 1. The maximum atomic E-state index is 10.8. The van der Waals surface area contributed by atoms with Gasteiger partial charge in [-0.2, -0.15) is 0 Å². The van der Waals surface area contributed by atoms with Gasteiger partial charge in [0.15, 0.2) is 0 Å². The van der Waals surface area contributed by atoms with Crippen molar-refractivity contribution < 1.29 is 9.90 Å². The summed E-state index contributed by atoms with van der Waals surface area (Å²) in [6.07, 6.45) is 13.4. The zero-order valence-electron chi connectivity index (χ0n) is 16.5. The van der Waals surface area contributed by atoms with Crippen LogP contribution in [0, 0.1) is 0 Å². The van der Waals surface area contributed by atoms with Crippen LogP contribution in [-0.2, 0) is 0 Å². The monoisotopic (exact) mass is 397 g/mol. The van der Waals surface area contributed by atoms with Gasteiger partial charge in [0.25, 0.3) is 0 Å². The van der Waals surface area contributed by atoms with Crippen molar-refractivity contribution in [2.45, 2.75) is 49.8 Å². The van der Waals surface area contributed by atoms with E-state index in [0.29, 0.717) is 5.56 Å². The molecule has 0 aliphatic carbocycles. The summed E-state index contributed by atoms with van der Waals surface area (Å²) in [6, 6.07) is 17.5. The van der Waals surface area contributed by atoms with Crippen molar-refractivity contribution >= 4 is 23.4 Å². The minimum atomic E-state index is -0.891. The number of carbonyl (C=O) groups is 1. The van der Waals surface area contributed by atoms with Gasteiger partial charge in [-0.05, 0) is 61.4 Å². The average Bonchev–Trinajstić information content (AvgIpc) is 2.72. The highest BCUT2D eigenvalue weighted by atomic mass is 32.2. The maximum Gasteiger partial charge on any atom is 0.335 e. The molecule has 0 saturated carbocycles. The molecule has 0 amide bonds. The van der Waals surface area contributed by atoms with Gasteiger partial charge in [-0.25, -0.2) is 4.79 Å². The van der Waals surface area contributed by atoms with Gasteiger partial charge in [0.05, 0.1) is 5.56 Å². The SMILES string of the molecule is O=C(O)c1ccc(NCC=CCCCCCCCCSc2ccccc2)cc1. The van der Waals surface area contributed by atoms with Crippen LogP contribution in [0.25, 0.3) is 0 Å². The topological polar surface area (TPSA) is 49.3 Å². The van der Waals surface area contributed by atoms with E-state index in [9.17, 15) is 4.79 Å². The van der Waals surface area contributed by atoms with Crippen LogP contribution in [0.4, 0.5) is 5.69 Å². The van der Waals surface area contributed by atoms with Gasteiger partial charge in [-0.1, -0.05) is 56.0 Å². The van der Waals surface area contributed by atoms with Gasteiger partial charge in [0.2, 0.25) is 0 Å². The predicted octanol–water partition coefficient (Wildman–Crippen LogP) is 6.88. The molecule has 0 aliphatic heterocycles. The molecule has 0 atom stereocenters. The molecule has 2 aromatic rings. The summed E-state index contributed by atoms with van der Waals surface area (Å²) in [5.41, 5.74) is 1.26. The zero-order valence-corrected chi connectivity index (χ0v) is 17.3. The van der Waals surface area contributed by atoms with Gasteiger partial charge >= 0.3 is 5.97 Å². The molecule has 4 heteroatoms. The molecule has 2 N–H and O–H groups in total. The van der Waals surface area contributed by atoms with Gasteiger partial charge in [0.1, 0.15) is 0 Å². The first-order valence-electron chi connectivity index (χ1n) is 10.2. The fourth-order valence-corrected chi connectivity index (χ4v) is 3.82. The van der Waals surface area contributed by atoms with Crippen LogP contribution in [0.15, 0.2) is 71.6 Å². The molecule has 0 saturated heterocycles. The Morgan fingerprint density at radius 2 is 1.54 bits per heavy atom. The Morgan fingerprint density at radius 1 is 0.857 bits per heavy atom. The Morgan fingerprint density at radius 3 is 2.25 bits per heavy atom. The van der Waals surface area contributed by atoms with E-state index >= 15 is 0 Å². The van der Waals surface area contributed by atoms with E-state index in [2.05, 4.69) is 47.8 Å². The second kappa shape index (κ2) is 13.9. The molecule has 3 nitrogen and oxygen atoms in total. The number of nitrogens with one attached hydrogen (secondary N) is 1. The molecule has 2 rings (SSSR count). The summed E-state index contributed by atoms with van der Waals surface area (Å²) in [5, 5.41) is 12.1. The summed E-state index contributed by atoms with van der Waals surface area (Å²) in [5.74, 6) is 0.330. The number of hydrogen-bond donors (Lipinski definition) is 2. The van der Waals surface area contributed by atoms with Crippen LogP contribution in [0.3, 0.4) is 0 Å². The molecule has 0 radical (unpaired) electrons. The van der Waals surface area contributed by atoms with Crippen LogP contribution in [0.5, 0.6) is 0 Å². The van der Waals surface area contributed by atoms with Crippen molar-refractivity contribution in [2.24, 2.45) is 0 Å². The Kier molecular flexibility index (Phi) is 11.0. The highest BCUT2D eigenvalue weighted by molar-refractivity contribution is 7.99. The first-order chi connectivity index (χ1) is 13.8. The smallest absolute Gasteiger partial charge is 0.335 e. The quantitative estimate of drug-likeness (QED) is 0.207. The molecule has 0 unspecified atom stereocenters. The number of allylic oxidation sites excluding steroid dienone is 1. The minimum Gasteiger partial charge on any atom is -0.478 e. The third-order valence-electron chi connectivity index (χ3n) is 4.50. The molecule has 0 aromatic heterocycles. The standard InChI is InChI=1S/C24H31NO2S/c26-24(27)21-15-17-22(18-16-21)25-19-11-6-4-2-1-3-5-7-12-20-28-23-13-9-8-10-14-23/h6,8-11,13-18,25H,1-5,7,12,19-20H2,(H,26,27). The number of benzene rings is 2. The lowest BCUT2D eigenvalue weighted by atomic mass is 10.1. The molecular weight excluding hydrogens is 366 g/mol. The van der Waals surface area contributed by atoms with Crippen molar-refractivity contribution in [1.29, 1.82) is 0 Å². The van der Waals surface area contributed by atoms with E-state index in [4.69, 9.17) is 5.11 Å². The lowest BCUT2D eigenvalue weighted by Crippen LogP contribution is -2.00. The number of hydrogen-bond acceptors (Lipinski definition) is 3. The Hall–Kier alpha value is -2.20. The number of unbranched alkanes of at least 4 members (excludes halogenated alkanes) is 6. The number of rotatable bonds is 14. The van der Waals surface area contributed by atoms with Crippen LogP contribution >= 0.6 is 11.8 Å². The predicted molar refractivity (Wildman–Crippen MR) is 121 cm³/mol. The molecule has 0 fully saturated rings. The van der Waals surface area contributed by atoms with Crippen molar-refractivity contribution in [1.82, 2.24) is 0 Å². The largest absolute Gasteiger partial charge is 0.478 e. The molecule has 0 heterocycles. The van der Waals surface area contributed by atoms with Crippen molar-refractivity contribution in [3.8, 4) is 0 Å². The summed E-state index contributed by atoms with van der Waals surface area (Å²) in [6.45, 7) is 0.769. The van der Waals surface area contributed by atoms with Crippen molar-refractivity contribution in [3.63, 3.8) is 0 Å². The molecule has 0 spiro atoms. The lowest BCUT2D eigenvalue weighted by molar-refractivity contribution is 0.0697. The average molecular weight is 398 g/mol. The van der Waals surface area contributed by atoms with Crippen LogP contribution in [-0.4, -0.2) is 23.4 Å². The first kappa shape index (κ1) is 22.1. The number of carboxylic acid groups (broad SMARTS) is 1. The third kappa shape index (κ3) is 9.65. The summed E-state index contributed by atoms with van der Waals surface area (Å²) in [4.78, 5) is 12.2. The molecule has 28 heavy (non-hydrogen) atoms. The van der Waals surface area contributed by atoms with Crippen LogP contribution in [0.2, 0.25) is 0 Å². The van der Waals surface area contributed by atoms with E-state index in [1.165, 1.54) is 49.2 Å². The highest BCUT2D eigenvalue weighted by Gasteiger charge is 2.00. The number of carboxylic acids is 1. The van der Waals surface area contributed by atoms with E-state index in [-0.39, 0.29) is 0 Å². The Bertz CT molecular complexity index is 698. The Balaban J connectivity index is 1.39. The summed E-state index contributed by atoms with van der Waals surface area (Å²) in [7, 11) is 0. The van der Waals surface area contributed by atoms with Crippen LogP contribution in [0.1, 0.15) is 55.3 Å². The number of anilines is 1. The van der Waals surface area contributed by atoms with Crippen molar-refractivity contribution in [2.75, 3.05) is 17.6 Å². The molecular formula is C24H31NO2S. The zero-order chi connectivity index (χ0) is 19.9. The lowest BCUT2D eigenvalue weighted by Gasteiger charge is -2.03. The third-order valence-corrected chi connectivity index (χ3v) is 5.60. The van der Waals surface area contributed by atoms with Crippen molar-refractivity contribution in [3.05, 3.63) is 72.3 Å². The van der Waals surface area contributed by atoms with Crippen LogP contribution < -0.4 is 5.32 Å². The molecule has 0 bridgehead atoms. The fraction of sp³-hybridized carbons (Fsp3) is 0.375. The second-order valence-corrected chi connectivity index (χ2v) is 7.97. The summed E-state index contributed by atoms with van der Waals surface area (Å²) < 4.78 is 0. The van der Waals surface area contributed by atoms with Gasteiger partial charge in [-0.15, -0.1) is 11.8 Å². The van der Waals surface area contributed by atoms with Gasteiger partial charge in [0, 0.05) is 17.1 Å². The van der Waals surface area contributed by atoms with E-state index in [1.54, 1.807) is 24.3 Å². The second-order valence-electron chi connectivity index (χ2n) is 6.81. The summed E-state index contributed by atoms with van der Waals surface area (Å²) >= 11 is 1.96. The van der Waals surface area contributed by atoms with E-state index in [0.717, 1.165) is 18.7 Å². The van der Waals surface area contributed by atoms with Gasteiger partial charge < -0.3 is 10.4 Å². The van der Waals surface area contributed by atoms with E-state index in [1.807, 2.05) is 11.8 Å². The normalized spacial score (nSPS) is 11.0. The number of thioether (sulfide) groups is 1. The Labute approximate surface area is 173 Å². The molecule has 0 aliphatic rings.